The highest BCUT2D eigenvalue weighted by molar-refractivity contribution is 5.87. The Balaban J connectivity index is 1.79. The predicted molar refractivity (Wildman–Crippen MR) is 87.5 cm³/mol. The lowest BCUT2D eigenvalue weighted by molar-refractivity contribution is 0.214. The van der Waals surface area contributed by atoms with Crippen molar-refractivity contribution in [2.75, 3.05) is 5.32 Å². The number of nitrogens with one attached hydrogen (secondary N) is 1. The summed E-state index contributed by atoms with van der Waals surface area (Å²) < 4.78 is 10.6. The molecule has 1 N–H and O–H groups in total. The molecule has 5 heteroatoms. The van der Waals surface area contributed by atoms with Gasteiger partial charge in [-0.2, -0.15) is 0 Å². The van der Waals surface area contributed by atoms with Gasteiger partial charge in [0, 0.05) is 18.2 Å². The third-order valence-electron chi connectivity index (χ3n) is 3.35. The molecule has 0 bridgehead atoms. The van der Waals surface area contributed by atoms with Gasteiger partial charge in [0.25, 0.3) is 0 Å². The van der Waals surface area contributed by atoms with E-state index in [0.29, 0.717) is 22.9 Å². The van der Waals surface area contributed by atoms with Crippen molar-refractivity contribution < 1.29 is 14.1 Å². The third kappa shape index (κ3) is 3.40. The topological polar surface area (TPSA) is 64.4 Å². The molecule has 1 heterocycles. The van der Waals surface area contributed by atoms with Gasteiger partial charge in [0.15, 0.2) is 11.5 Å². The van der Waals surface area contributed by atoms with E-state index in [-0.39, 0.29) is 0 Å². The first-order valence-corrected chi connectivity index (χ1v) is 7.20. The average Bonchev–Trinajstić information content (AvgIpc) is 2.91. The number of benzene rings is 2. The smallest absolute Gasteiger partial charge is 0.404 e. The van der Waals surface area contributed by atoms with Gasteiger partial charge in [-0.25, -0.2) is 4.79 Å². The van der Waals surface area contributed by atoms with Crippen LogP contribution in [-0.2, 0) is 0 Å². The highest BCUT2D eigenvalue weighted by Crippen LogP contribution is 2.32. The number of anilines is 1. The maximum absolute atomic E-state index is 12.1. The Labute approximate surface area is 133 Å². The van der Waals surface area contributed by atoms with Crippen molar-refractivity contribution in [2.45, 2.75) is 13.8 Å². The molecule has 3 rings (SSSR count). The Kier molecular flexibility index (Phi) is 4.10. The standard InChI is InChI=1S/C18H16N2O3/c1-12-8-10-15(11-9-12)19-18(21)22-17-13(2)23-20-16(17)14-6-4-3-5-7-14/h3-11H,1-2H3,(H,19,21). The van der Waals surface area contributed by atoms with Crippen LogP contribution in [0.3, 0.4) is 0 Å². The number of rotatable bonds is 3. The molecule has 1 aromatic heterocycles. The van der Waals surface area contributed by atoms with E-state index in [2.05, 4.69) is 10.5 Å². The summed E-state index contributed by atoms with van der Waals surface area (Å²) in [5, 5.41) is 6.66. The van der Waals surface area contributed by atoms with Crippen LogP contribution in [0.1, 0.15) is 11.3 Å². The Morgan fingerprint density at radius 1 is 1.04 bits per heavy atom. The average molecular weight is 308 g/mol. The molecule has 116 valence electrons. The maximum Gasteiger partial charge on any atom is 0.417 e. The van der Waals surface area contributed by atoms with Crippen LogP contribution in [-0.4, -0.2) is 11.2 Å². The van der Waals surface area contributed by atoms with Crippen LogP contribution in [0, 0.1) is 13.8 Å². The molecular formula is C18H16N2O3. The molecule has 0 aliphatic carbocycles. The SMILES string of the molecule is Cc1ccc(NC(=O)Oc2c(-c3ccccc3)noc2C)cc1. The van der Waals surface area contributed by atoms with Crippen molar-refractivity contribution in [3.8, 4) is 17.0 Å². The maximum atomic E-state index is 12.1. The van der Waals surface area contributed by atoms with Gasteiger partial charge in [-0.1, -0.05) is 53.2 Å². The molecule has 0 spiro atoms. The molecule has 0 aliphatic heterocycles. The molecule has 23 heavy (non-hydrogen) atoms. The first-order valence-electron chi connectivity index (χ1n) is 7.20. The normalized spacial score (nSPS) is 10.3. The van der Waals surface area contributed by atoms with Gasteiger partial charge in [-0.15, -0.1) is 0 Å². The molecule has 0 aliphatic rings. The van der Waals surface area contributed by atoms with E-state index >= 15 is 0 Å². The minimum absolute atomic E-state index is 0.320. The van der Waals surface area contributed by atoms with E-state index in [4.69, 9.17) is 9.26 Å². The molecule has 5 nitrogen and oxygen atoms in total. The molecule has 0 unspecified atom stereocenters. The molecule has 0 atom stereocenters. The number of carbonyl (C=O) groups is 1. The van der Waals surface area contributed by atoms with Gasteiger partial charge in [0.2, 0.25) is 5.75 Å². The second-order valence-corrected chi connectivity index (χ2v) is 5.16. The summed E-state index contributed by atoms with van der Waals surface area (Å²) in [5.74, 6) is 0.767. The predicted octanol–water partition coefficient (Wildman–Crippen LogP) is 4.57. The number of nitrogens with zero attached hydrogens (tertiary/aromatic N) is 1. The summed E-state index contributed by atoms with van der Waals surface area (Å²) in [7, 11) is 0. The fraction of sp³-hybridized carbons (Fsp3) is 0.111. The van der Waals surface area contributed by atoms with Gasteiger partial charge < -0.3 is 9.26 Å². The Hall–Kier alpha value is -3.08. The largest absolute Gasteiger partial charge is 0.417 e. The van der Waals surface area contributed by atoms with Crippen LogP contribution in [0.5, 0.6) is 5.75 Å². The quantitative estimate of drug-likeness (QED) is 0.769. The fourth-order valence-corrected chi connectivity index (χ4v) is 2.14. The molecule has 0 fully saturated rings. The fourth-order valence-electron chi connectivity index (χ4n) is 2.14. The number of amides is 1. The molecule has 3 aromatic rings. The van der Waals surface area contributed by atoms with Gasteiger partial charge in [-0.05, 0) is 19.1 Å². The first kappa shape index (κ1) is 14.8. The summed E-state index contributed by atoms with van der Waals surface area (Å²) in [4.78, 5) is 12.1. The van der Waals surface area contributed by atoms with Crippen molar-refractivity contribution in [3.63, 3.8) is 0 Å². The molecule has 0 radical (unpaired) electrons. The summed E-state index contributed by atoms with van der Waals surface area (Å²) in [6.07, 6.45) is -0.586. The van der Waals surface area contributed by atoms with Gasteiger partial charge in [-0.3, -0.25) is 5.32 Å². The number of aryl methyl sites for hydroxylation is 2. The Morgan fingerprint density at radius 2 is 1.74 bits per heavy atom. The summed E-state index contributed by atoms with van der Waals surface area (Å²) in [6.45, 7) is 3.68. The molecule has 2 aromatic carbocycles. The lowest BCUT2D eigenvalue weighted by atomic mass is 10.1. The van der Waals surface area contributed by atoms with Gasteiger partial charge in [0.05, 0.1) is 0 Å². The van der Waals surface area contributed by atoms with Crippen LogP contribution in [0.25, 0.3) is 11.3 Å². The second kappa shape index (κ2) is 6.36. The minimum atomic E-state index is -0.586. The molecular weight excluding hydrogens is 292 g/mol. The Bertz CT molecular complexity index is 808. The van der Waals surface area contributed by atoms with Crippen molar-refractivity contribution in [2.24, 2.45) is 0 Å². The van der Waals surface area contributed by atoms with Gasteiger partial charge >= 0.3 is 6.09 Å². The number of carbonyl (C=O) groups excluding carboxylic acids is 1. The highest BCUT2D eigenvalue weighted by atomic mass is 16.6. The van der Waals surface area contributed by atoms with Crippen molar-refractivity contribution in [1.82, 2.24) is 5.16 Å². The summed E-state index contributed by atoms with van der Waals surface area (Å²) in [6, 6.07) is 16.9. The van der Waals surface area contributed by atoms with E-state index in [9.17, 15) is 4.79 Å². The van der Waals surface area contributed by atoms with Crippen LogP contribution < -0.4 is 10.1 Å². The van der Waals surface area contributed by atoms with E-state index < -0.39 is 6.09 Å². The number of hydrogen-bond donors (Lipinski definition) is 1. The highest BCUT2D eigenvalue weighted by Gasteiger charge is 2.19. The van der Waals surface area contributed by atoms with Crippen LogP contribution in [0.15, 0.2) is 59.1 Å². The Morgan fingerprint density at radius 3 is 2.43 bits per heavy atom. The van der Waals surface area contributed by atoms with Crippen molar-refractivity contribution in [3.05, 3.63) is 65.9 Å². The lowest BCUT2D eigenvalue weighted by Crippen LogP contribution is -2.17. The monoisotopic (exact) mass is 308 g/mol. The zero-order valence-corrected chi connectivity index (χ0v) is 12.9. The van der Waals surface area contributed by atoms with Crippen LogP contribution in [0.4, 0.5) is 10.5 Å². The minimum Gasteiger partial charge on any atom is -0.404 e. The summed E-state index contributed by atoms with van der Waals surface area (Å²) in [5.41, 5.74) is 3.10. The van der Waals surface area contributed by atoms with E-state index in [1.165, 1.54) is 0 Å². The molecule has 1 amide bonds. The zero-order chi connectivity index (χ0) is 16.2. The lowest BCUT2D eigenvalue weighted by Gasteiger charge is -2.07. The van der Waals surface area contributed by atoms with E-state index in [1.54, 1.807) is 6.92 Å². The van der Waals surface area contributed by atoms with Crippen LogP contribution >= 0.6 is 0 Å². The summed E-state index contributed by atoms with van der Waals surface area (Å²) >= 11 is 0. The molecule has 0 saturated heterocycles. The van der Waals surface area contributed by atoms with E-state index in [1.807, 2.05) is 61.5 Å². The second-order valence-electron chi connectivity index (χ2n) is 5.16. The van der Waals surface area contributed by atoms with Crippen LogP contribution in [0.2, 0.25) is 0 Å². The molecule has 0 saturated carbocycles. The van der Waals surface area contributed by atoms with Crippen molar-refractivity contribution in [1.29, 1.82) is 0 Å². The van der Waals surface area contributed by atoms with Gasteiger partial charge in [0.1, 0.15) is 0 Å². The third-order valence-corrected chi connectivity index (χ3v) is 3.35. The number of aromatic nitrogens is 1. The van der Waals surface area contributed by atoms with Crippen molar-refractivity contribution >= 4 is 11.8 Å². The zero-order valence-electron chi connectivity index (χ0n) is 12.9. The first-order chi connectivity index (χ1) is 11.1. The number of ether oxygens (including phenoxy) is 1. The van der Waals surface area contributed by atoms with E-state index in [0.717, 1.165) is 11.1 Å². The number of hydrogen-bond acceptors (Lipinski definition) is 4.